The Kier molecular flexibility index (Phi) is 4.12. The molecule has 0 fully saturated rings. The summed E-state index contributed by atoms with van der Waals surface area (Å²) in [7, 11) is -3.88. The molecule has 0 atom stereocenters. The second-order valence-electron chi connectivity index (χ2n) is 3.02. The summed E-state index contributed by atoms with van der Waals surface area (Å²) in [5, 5.41) is 15.9. The molecule has 0 saturated heterocycles. The summed E-state index contributed by atoms with van der Waals surface area (Å²) in [4.78, 5) is 0. The van der Waals surface area contributed by atoms with Crippen LogP contribution >= 0.6 is 0 Å². The first-order chi connectivity index (χ1) is 7.92. The highest BCUT2D eigenvalue weighted by molar-refractivity contribution is 7.90. The van der Waals surface area contributed by atoms with Crippen LogP contribution in [0.1, 0.15) is 0 Å². The number of para-hydroxylation sites is 2. The molecule has 0 unspecified atom stereocenters. The van der Waals surface area contributed by atoms with Crippen LogP contribution in [0, 0.1) is 0 Å². The van der Waals surface area contributed by atoms with Crippen LogP contribution < -0.4 is 20.3 Å². The van der Waals surface area contributed by atoms with E-state index < -0.39 is 10.2 Å². The van der Waals surface area contributed by atoms with Gasteiger partial charge in [0.15, 0.2) is 5.84 Å². The quantitative estimate of drug-likeness (QED) is 0.243. The minimum absolute atomic E-state index is 0.143. The van der Waals surface area contributed by atoms with Crippen molar-refractivity contribution in [3.63, 3.8) is 0 Å². The number of nitrogens with two attached hydrogens (primary N) is 2. The second kappa shape index (κ2) is 5.37. The van der Waals surface area contributed by atoms with E-state index in [4.69, 9.17) is 20.8 Å². The number of ether oxygens (including phenoxy) is 1. The summed E-state index contributed by atoms with van der Waals surface area (Å²) >= 11 is 0. The van der Waals surface area contributed by atoms with Crippen LogP contribution in [0.15, 0.2) is 29.4 Å². The number of rotatable bonds is 5. The van der Waals surface area contributed by atoms with Gasteiger partial charge in [-0.3, -0.25) is 4.72 Å². The van der Waals surface area contributed by atoms with Gasteiger partial charge in [0.05, 0.1) is 5.69 Å². The van der Waals surface area contributed by atoms with Crippen molar-refractivity contribution in [2.24, 2.45) is 16.0 Å². The molecule has 9 heteroatoms. The van der Waals surface area contributed by atoms with E-state index in [2.05, 4.69) is 9.88 Å². The number of nitrogens with zero attached hydrogens (tertiary/aromatic N) is 1. The molecule has 1 aromatic carbocycles. The van der Waals surface area contributed by atoms with Crippen LogP contribution in [0.4, 0.5) is 5.69 Å². The van der Waals surface area contributed by atoms with Gasteiger partial charge < -0.3 is 15.7 Å². The first-order valence-corrected chi connectivity index (χ1v) is 5.96. The zero-order valence-electron chi connectivity index (χ0n) is 8.70. The molecule has 94 valence electrons. The lowest BCUT2D eigenvalue weighted by Crippen LogP contribution is -2.24. The van der Waals surface area contributed by atoms with Crippen molar-refractivity contribution in [2.45, 2.75) is 0 Å². The number of anilines is 1. The fraction of sp³-hybridized carbons (Fsp3) is 0.125. The lowest BCUT2D eigenvalue weighted by Gasteiger charge is -2.10. The number of nitrogens with one attached hydrogen (secondary N) is 1. The van der Waals surface area contributed by atoms with Crippen LogP contribution in [-0.2, 0) is 10.2 Å². The highest BCUT2D eigenvalue weighted by Gasteiger charge is 2.08. The van der Waals surface area contributed by atoms with E-state index >= 15 is 0 Å². The largest absolute Gasteiger partial charge is 0.483 e. The number of hydrogen-bond donors (Lipinski definition) is 4. The first-order valence-electron chi connectivity index (χ1n) is 4.41. The first kappa shape index (κ1) is 13.1. The molecule has 6 N–H and O–H groups in total. The van der Waals surface area contributed by atoms with Crippen molar-refractivity contribution >= 4 is 21.7 Å². The van der Waals surface area contributed by atoms with E-state index in [1.54, 1.807) is 12.1 Å². The smallest absolute Gasteiger partial charge is 0.296 e. The van der Waals surface area contributed by atoms with Gasteiger partial charge in [0, 0.05) is 0 Å². The van der Waals surface area contributed by atoms with E-state index in [1.165, 1.54) is 12.1 Å². The van der Waals surface area contributed by atoms with E-state index in [0.717, 1.165) is 0 Å². The Bertz CT molecular complexity index is 514. The van der Waals surface area contributed by atoms with E-state index in [9.17, 15) is 8.42 Å². The zero-order valence-corrected chi connectivity index (χ0v) is 9.52. The molecule has 1 rings (SSSR count). The standard InChI is InChI=1S/C8H12N4O4S/c9-8(11-13)5-16-7-4-2-1-3-6(7)12-17(10,14)15/h1-4,12-13H,5H2,(H2,9,11)(H2,10,14,15). The van der Waals surface area contributed by atoms with Gasteiger partial charge in [-0.1, -0.05) is 17.3 Å². The molecular formula is C8H12N4O4S. The average Bonchev–Trinajstić information content (AvgIpc) is 2.25. The van der Waals surface area contributed by atoms with E-state index in [1.807, 2.05) is 0 Å². The van der Waals surface area contributed by atoms with Crippen LogP contribution in [0.25, 0.3) is 0 Å². The maximum atomic E-state index is 10.9. The molecule has 1 aromatic rings. The molecule has 8 nitrogen and oxygen atoms in total. The molecule has 0 radical (unpaired) electrons. The molecule has 0 heterocycles. The summed E-state index contributed by atoms with van der Waals surface area (Å²) in [6.07, 6.45) is 0. The third-order valence-corrected chi connectivity index (χ3v) is 2.15. The van der Waals surface area contributed by atoms with Crippen molar-refractivity contribution in [3.05, 3.63) is 24.3 Å². The summed E-state index contributed by atoms with van der Waals surface area (Å²) < 4.78 is 29.0. The van der Waals surface area contributed by atoms with Crippen molar-refractivity contribution < 1.29 is 18.4 Å². The van der Waals surface area contributed by atoms with E-state index in [0.29, 0.717) is 0 Å². The Morgan fingerprint density at radius 1 is 1.47 bits per heavy atom. The normalized spacial score (nSPS) is 12.2. The molecule has 0 aliphatic rings. The fourth-order valence-corrected chi connectivity index (χ4v) is 1.49. The van der Waals surface area contributed by atoms with Crippen molar-refractivity contribution in [3.8, 4) is 5.75 Å². The summed E-state index contributed by atoms with van der Waals surface area (Å²) in [5.74, 6) is 0.0727. The Hall–Kier alpha value is -2.00. The molecule has 0 aromatic heterocycles. The van der Waals surface area contributed by atoms with Crippen molar-refractivity contribution in [2.75, 3.05) is 11.3 Å². The summed E-state index contributed by atoms with van der Waals surface area (Å²) in [6, 6.07) is 6.21. The monoisotopic (exact) mass is 260 g/mol. The van der Waals surface area contributed by atoms with Crippen molar-refractivity contribution in [1.82, 2.24) is 0 Å². The maximum Gasteiger partial charge on any atom is 0.296 e. The molecule has 0 bridgehead atoms. The zero-order chi connectivity index (χ0) is 12.9. The maximum absolute atomic E-state index is 10.9. The van der Waals surface area contributed by atoms with Crippen LogP contribution in [-0.4, -0.2) is 26.1 Å². The van der Waals surface area contributed by atoms with Crippen LogP contribution in [0.3, 0.4) is 0 Å². The highest BCUT2D eigenvalue weighted by atomic mass is 32.2. The van der Waals surface area contributed by atoms with Gasteiger partial charge in [0.2, 0.25) is 0 Å². The Morgan fingerprint density at radius 3 is 2.71 bits per heavy atom. The Morgan fingerprint density at radius 2 is 2.12 bits per heavy atom. The van der Waals surface area contributed by atoms with Gasteiger partial charge in [0.25, 0.3) is 10.2 Å². The van der Waals surface area contributed by atoms with E-state index in [-0.39, 0.29) is 23.9 Å². The third-order valence-electron chi connectivity index (χ3n) is 1.64. The van der Waals surface area contributed by atoms with Gasteiger partial charge in [-0.25, -0.2) is 5.14 Å². The number of hydrogen-bond acceptors (Lipinski definition) is 5. The molecule has 0 saturated carbocycles. The lowest BCUT2D eigenvalue weighted by molar-refractivity contribution is 0.306. The van der Waals surface area contributed by atoms with Gasteiger partial charge in [0.1, 0.15) is 12.4 Å². The van der Waals surface area contributed by atoms with Crippen LogP contribution in [0.5, 0.6) is 5.75 Å². The predicted molar refractivity (Wildman–Crippen MR) is 62.1 cm³/mol. The van der Waals surface area contributed by atoms with Crippen LogP contribution in [0.2, 0.25) is 0 Å². The highest BCUT2D eigenvalue weighted by Crippen LogP contribution is 2.23. The topological polar surface area (TPSA) is 140 Å². The number of benzene rings is 1. The second-order valence-corrected chi connectivity index (χ2v) is 4.32. The Labute approximate surface area is 98.0 Å². The number of amidine groups is 1. The molecular weight excluding hydrogens is 248 g/mol. The fourth-order valence-electron chi connectivity index (χ4n) is 1.01. The molecule has 0 aliphatic heterocycles. The molecule has 0 amide bonds. The minimum atomic E-state index is -3.88. The molecule has 0 spiro atoms. The molecule has 0 aliphatic carbocycles. The predicted octanol–water partition coefficient (Wildman–Crippen LogP) is -0.573. The SMILES string of the molecule is N/C(COc1ccccc1NS(N)(=O)=O)=N/O. The number of oxime groups is 1. The van der Waals surface area contributed by atoms with Gasteiger partial charge in [-0.15, -0.1) is 0 Å². The minimum Gasteiger partial charge on any atom is -0.483 e. The van der Waals surface area contributed by atoms with Crippen molar-refractivity contribution in [1.29, 1.82) is 0 Å². The van der Waals surface area contributed by atoms with Gasteiger partial charge >= 0.3 is 0 Å². The van der Waals surface area contributed by atoms with Gasteiger partial charge in [-0.2, -0.15) is 8.42 Å². The average molecular weight is 260 g/mol. The summed E-state index contributed by atoms with van der Waals surface area (Å²) in [6.45, 7) is -0.181. The Balaban J connectivity index is 2.85. The molecule has 17 heavy (non-hydrogen) atoms. The summed E-state index contributed by atoms with van der Waals surface area (Å²) in [5.41, 5.74) is 5.38. The lowest BCUT2D eigenvalue weighted by atomic mass is 10.3. The van der Waals surface area contributed by atoms with Gasteiger partial charge in [-0.05, 0) is 12.1 Å². The third kappa shape index (κ3) is 4.57.